The highest BCUT2D eigenvalue weighted by molar-refractivity contribution is 7.90. The molecule has 1 aliphatic carbocycles. The van der Waals surface area contributed by atoms with Gasteiger partial charge in [-0.25, -0.2) is 13.1 Å². The molecule has 0 spiro atoms. The maximum atomic E-state index is 12.2. The van der Waals surface area contributed by atoms with Gasteiger partial charge in [-0.1, -0.05) is 26.7 Å². The molecule has 0 aromatic heterocycles. The second-order valence-electron chi connectivity index (χ2n) is 5.99. The van der Waals surface area contributed by atoms with Gasteiger partial charge < -0.3 is 5.32 Å². The first-order chi connectivity index (χ1) is 8.95. The van der Waals surface area contributed by atoms with E-state index in [0.717, 1.165) is 44.6 Å². The molecule has 19 heavy (non-hydrogen) atoms. The first kappa shape index (κ1) is 16.9. The van der Waals surface area contributed by atoms with Crippen molar-refractivity contribution < 1.29 is 8.42 Å². The smallest absolute Gasteiger partial charge is 0.215 e. The van der Waals surface area contributed by atoms with Crippen molar-refractivity contribution >= 4 is 10.0 Å². The van der Waals surface area contributed by atoms with Crippen LogP contribution in [-0.4, -0.2) is 32.8 Å². The van der Waals surface area contributed by atoms with Crippen LogP contribution in [0.2, 0.25) is 0 Å². The van der Waals surface area contributed by atoms with Gasteiger partial charge in [0.05, 0.1) is 5.25 Å². The number of nitrogens with one attached hydrogen (secondary N) is 2. The molecule has 0 aromatic carbocycles. The van der Waals surface area contributed by atoms with Gasteiger partial charge in [-0.05, 0) is 45.1 Å². The molecule has 1 saturated carbocycles. The summed E-state index contributed by atoms with van der Waals surface area (Å²) >= 11 is 0. The van der Waals surface area contributed by atoms with E-state index >= 15 is 0 Å². The molecule has 2 N–H and O–H groups in total. The second kappa shape index (κ2) is 8.22. The Labute approximate surface area is 118 Å². The molecule has 0 bridgehead atoms. The average Bonchev–Trinajstić information content (AvgIpc) is 2.54. The second-order valence-corrected chi connectivity index (χ2v) is 8.12. The van der Waals surface area contributed by atoms with E-state index in [1.54, 1.807) is 6.92 Å². The lowest BCUT2D eigenvalue weighted by Crippen LogP contribution is -2.43. The molecule has 114 valence electrons. The number of hydrogen-bond donors (Lipinski definition) is 2. The van der Waals surface area contributed by atoms with Crippen molar-refractivity contribution in [3.05, 3.63) is 0 Å². The molecular weight excluding hydrogens is 260 g/mol. The standard InChI is InChI=1S/C14H30N2O2S/c1-4-10-15-11-13(3)19(17,18)16-14-7-5-6-12(2)8-9-14/h12-16H,4-11H2,1-3H3. The minimum Gasteiger partial charge on any atom is -0.315 e. The fourth-order valence-corrected chi connectivity index (χ4v) is 3.82. The van der Waals surface area contributed by atoms with Crippen molar-refractivity contribution in [2.45, 2.75) is 70.6 Å². The summed E-state index contributed by atoms with van der Waals surface area (Å²) in [7, 11) is -3.19. The van der Waals surface area contributed by atoms with Crippen LogP contribution in [0.15, 0.2) is 0 Å². The summed E-state index contributed by atoms with van der Waals surface area (Å²) in [6.07, 6.45) is 6.49. The molecule has 4 nitrogen and oxygen atoms in total. The van der Waals surface area contributed by atoms with Crippen molar-refractivity contribution in [3.8, 4) is 0 Å². The summed E-state index contributed by atoms with van der Waals surface area (Å²) < 4.78 is 27.4. The Kier molecular flexibility index (Phi) is 7.32. The highest BCUT2D eigenvalue weighted by atomic mass is 32.2. The third-order valence-corrected chi connectivity index (χ3v) is 5.86. The normalized spacial score (nSPS) is 26.9. The molecule has 3 atom stereocenters. The molecule has 3 unspecified atom stereocenters. The van der Waals surface area contributed by atoms with Crippen LogP contribution >= 0.6 is 0 Å². The Bertz CT molecular complexity index is 343. The fourth-order valence-electron chi connectivity index (χ4n) is 2.55. The maximum absolute atomic E-state index is 12.2. The van der Waals surface area contributed by atoms with Gasteiger partial charge >= 0.3 is 0 Å². The molecule has 0 radical (unpaired) electrons. The number of hydrogen-bond acceptors (Lipinski definition) is 3. The summed E-state index contributed by atoms with van der Waals surface area (Å²) in [5, 5.41) is 2.82. The van der Waals surface area contributed by atoms with E-state index in [2.05, 4.69) is 23.9 Å². The number of sulfonamides is 1. The third-order valence-electron chi connectivity index (χ3n) is 3.98. The zero-order valence-corrected chi connectivity index (χ0v) is 13.4. The minimum absolute atomic E-state index is 0.142. The van der Waals surface area contributed by atoms with Gasteiger partial charge in [0.15, 0.2) is 0 Å². The number of rotatable bonds is 7. The van der Waals surface area contributed by atoms with Crippen LogP contribution in [0.1, 0.15) is 59.3 Å². The summed E-state index contributed by atoms with van der Waals surface area (Å²) in [5.74, 6) is 0.734. The van der Waals surface area contributed by atoms with E-state index in [1.807, 2.05) is 0 Å². The van der Waals surface area contributed by atoms with Gasteiger partial charge in [0.2, 0.25) is 10.0 Å². The fraction of sp³-hybridized carbons (Fsp3) is 1.00. The van der Waals surface area contributed by atoms with Gasteiger partial charge in [-0.15, -0.1) is 0 Å². The van der Waals surface area contributed by atoms with E-state index < -0.39 is 10.0 Å². The first-order valence-corrected chi connectivity index (χ1v) is 9.22. The molecule has 0 saturated heterocycles. The Balaban J connectivity index is 2.44. The lowest BCUT2D eigenvalue weighted by molar-refractivity contribution is 0.480. The van der Waals surface area contributed by atoms with Crippen molar-refractivity contribution in [1.29, 1.82) is 0 Å². The summed E-state index contributed by atoms with van der Waals surface area (Å²) in [6, 6.07) is 0.142. The van der Waals surface area contributed by atoms with E-state index in [9.17, 15) is 8.42 Å². The molecule has 0 amide bonds. The molecule has 0 aliphatic heterocycles. The third kappa shape index (κ3) is 6.23. The molecular formula is C14H30N2O2S. The van der Waals surface area contributed by atoms with Crippen LogP contribution in [0.5, 0.6) is 0 Å². The van der Waals surface area contributed by atoms with Crippen molar-refractivity contribution in [2.24, 2.45) is 5.92 Å². The summed E-state index contributed by atoms with van der Waals surface area (Å²) in [6.45, 7) is 7.53. The first-order valence-electron chi connectivity index (χ1n) is 7.67. The SMILES string of the molecule is CCCNCC(C)S(=O)(=O)NC1CCCC(C)CC1. The van der Waals surface area contributed by atoms with Gasteiger partial charge in [-0.3, -0.25) is 0 Å². The van der Waals surface area contributed by atoms with Crippen molar-refractivity contribution in [3.63, 3.8) is 0 Å². The van der Waals surface area contributed by atoms with Crippen molar-refractivity contribution in [2.75, 3.05) is 13.1 Å². The molecule has 1 aliphatic rings. The van der Waals surface area contributed by atoms with E-state index in [1.165, 1.54) is 6.42 Å². The molecule has 1 rings (SSSR count). The summed E-state index contributed by atoms with van der Waals surface area (Å²) in [4.78, 5) is 0. The van der Waals surface area contributed by atoms with E-state index in [0.29, 0.717) is 6.54 Å². The van der Waals surface area contributed by atoms with Crippen LogP contribution in [0, 0.1) is 5.92 Å². The average molecular weight is 290 g/mol. The Morgan fingerprint density at radius 2 is 1.95 bits per heavy atom. The van der Waals surface area contributed by atoms with Gasteiger partial charge in [0.1, 0.15) is 0 Å². The van der Waals surface area contributed by atoms with Crippen molar-refractivity contribution in [1.82, 2.24) is 10.0 Å². The molecule has 0 aromatic rings. The van der Waals surface area contributed by atoms with Crippen LogP contribution in [0.4, 0.5) is 0 Å². The Morgan fingerprint density at radius 3 is 2.63 bits per heavy atom. The largest absolute Gasteiger partial charge is 0.315 e. The lowest BCUT2D eigenvalue weighted by Gasteiger charge is -2.20. The topological polar surface area (TPSA) is 58.2 Å². The predicted molar refractivity (Wildman–Crippen MR) is 80.7 cm³/mol. The zero-order valence-electron chi connectivity index (χ0n) is 12.6. The zero-order chi connectivity index (χ0) is 14.3. The van der Waals surface area contributed by atoms with Gasteiger partial charge in [0.25, 0.3) is 0 Å². The highest BCUT2D eigenvalue weighted by Crippen LogP contribution is 2.23. The van der Waals surface area contributed by atoms with Crippen LogP contribution in [0.25, 0.3) is 0 Å². The highest BCUT2D eigenvalue weighted by Gasteiger charge is 2.25. The van der Waals surface area contributed by atoms with Gasteiger partial charge in [-0.2, -0.15) is 0 Å². The minimum atomic E-state index is -3.19. The summed E-state index contributed by atoms with van der Waals surface area (Å²) in [5.41, 5.74) is 0. The Morgan fingerprint density at radius 1 is 1.21 bits per heavy atom. The quantitative estimate of drug-likeness (QED) is 0.558. The molecule has 1 fully saturated rings. The van der Waals surface area contributed by atoms with Crippen LogP contribution in [-0.2, 0) is 10.0 Å². The van der Waals surface area contributed by atoms with Gasteiger partial charge in [0, 0.05) is 12.6 Å². The molecule has 5 heteroatoms. The molecule has 0 heterocycles. The van der Waals surface area contributed by atoms with Crippen LogP contribution < -0.4 is 10.0 Å². The van der Waals surface area contributed by atoms with E-state index in [-0.39, 0.29) is 11.3 Å². The van der Waals surface area contributed by atoms with E-state index in [4.69, 9.17) is 0 Å². The predicted octanol–water partition coefficient (Wildman–Crippen LogP) is 2.26. The Hall–Kier alpha value is -0.130. The maximum Gasteiger partial charge on any atom is 0.215 e. The van der Waals surface area contributed by atoms with Crippen LogP contribution in [0.3, 0.4) is 0 Å². The lowest BCUT2D eigenvalue weighted by atomic mass is 10.0. The monoisotopic (exact) mass is 290 g/mol.